The molecule has 0 fully saturated rings. The number of unbranched alkanes of at least 4 members (excludes halogenated alkanes) is 23. The first-order valence-electron chi connectivity index (χ1n) is 21.8. The Morgan fingerprint density at radius 2 is 1.04 bits per heavy atom. The van der Waals surface area contributed by atoms with Gasteiger partial charge in [-0.05, 0) is 51.0 Å². The fraction of sp³-hybridized carbons (Fsp3) is 0.841. The molecular formula is C44H85NO7P+. The summed E-state index contributed by atoms with van der Waals surface area (Å²) in [7, 11) is 1.63. The van der Waals surface area contributed by atoms with Crippen LogP contribution in [-0.4, -0.2) is 69.0 Å². The molecule has 0 spiro atoms. The Balaban J connectivity index is 4.32. The van der Waals surface area contributed by atoms with Crippen molar-refractivity contribution in [3.05, 3.63) is 36.6 Å². The zero-order valence-electron chi connectivity index (χ0n) is 35.3. The number of carbonyl (C=O) groups excluding carboxylic acids is 1. The highest BCUT2D eigenvalue weighted by Crippen LogP contribution is 2.43. The summed E-state index contributed by atoms with van der Waals surface area (Å²) in [5.74, 6) is -0.350. The molecule has 0 amide bonds. The lowest BCUT2D eigenvalue weighted by molar-refractivity contribution is -0.870. The molecule has 0 radical (unpaired) electrons. The molecule has 1 N–H and O–H groups in total. The largest absolute Gasteiger partial charge is 0.498 e. The number of esters is 1. The Morgan fingerprint density at radius 3 is 1.53 bits per heavy atom. The minimum Gasteiger partial charge on any atom is -0.498 e. The van der Waals surface area contributed by atoms with Crippen molar-refractivity contribution in [3.63, 3.8) is 0 Å². The highest BCUT2D eigenvalue weighted by atomic mass is 31.2. The Bertz CT molecular complexity index is 947. The molecule has 0 rings (SSSR count). The van der Waals surface area contributed by atoms with Crippen LogP contribution in [0.4, 0.5) is 0 Å². The summed E-state index contributed by atoms with van der Waals surface area (Å²) in [6.07, 6.45) is 44.1. The fourth-order valence-corrected chi connectivity index (χ4v) is 6.60. The number of allylic oxidation sites excluding steroid dienone is 5. The van der Waals surface area contributed by atoms with E-state index in [0.717, 1.165) is 57.8 Å². The van der Waals surface area contributed by atoms with Gasteiger partial charge >= 0.3 is 13.8 Å². The van der Waals surface area contributed by atoms with Crippen molar-refractivity contribution in [2.24, 2.45) is 0 Å². The van der Waals surface area contributed by atoms with Crippen molar-refractivity contribution < 1.29 is 37.3 Å². The first-order chi connectivity index (χ1) is 25.6. The van der Waals surface area contributed by atoms with Gasteiger partial charge < -0.3 is 18.9 Å². The predicted molar refractivity (Wildman–Crippen MR) is 224 cm³/mol. The van der Waals surface area contributed by atoms with Gasteiger partial charge in [0.2, 0.25) is 0 Å². The lowest BCUT2D eigenvalue weighted by atomic mass is 10.0. The Morgan fingerprint density at radius 1 is 0.604 bits per heavy atom. The average Bonchev–Trinajstić information content (AvgIpc) is 3.11. The van der Waals surface area contributed by atoms with E-state index in [9.17, 15) is 14.3 Å². The van der Waals surface area contributed by atoms with Crippen LogP contribution < -0.4 is 0 Å². The molecule has 0 heterocycles. The third kappa shape index (κ3) is 41.6. The molecule has 0 saturated heterocycles. The second-order valence-corrected chi connectivity index (χ2v) is 17.3. The SMILES string of the molecule is CCCCCC/C=C/C=C/CCCCCCCC(=O)O[C@H](CO/C=C/CCCCCCCCCCCCCCCC)COP(=O)(O)OCC[N+](C)(C)C. The van der Waals surface area contributed by atoms with Crippen LogP contribution in [0, 0.1) is 0 Å². The molecule has 53 heavy (non-hydrogen) atoms. The van der Waals surface area contributed by atoms with Crippen molar-refractivity contribution in [2.75, 3.05) is 47.5 Å². The number of rotatable bonds is 40. The zero-order valence-corrected chi connectivity index (χ0v) is 36.1. The number of ether oxygens (including phenoxy) is 2. The van der Waals surface area contributed by atoms with Crippen molar-refractivity contribution in [1.29, 1.82) is 0 Å². The third-order valence-electron chi connectivity index (χ3n) is 9.30. The molecule has 0 aliphatic heterocycles. The smallest absolute Gasteiger partial charge is 0.472 e. The molecular weight excluding hydrogens is 685 g/mol. The van der Waals surface area contributed by atoms with Gasteiger partial charge in [-0.1, -0.05) is 160 Å². The first-order valence-corrected chi connectivity index (χ1v) is 23.3. The van der Waals surface area contributed by atoms with E-state index in [1.54, 1.807) is 6.26 Å². The highest BCUT2D eigenvalue weighted by Gasteiger charge is 2.26. The summed E-state index contributed by atoms with van der Waals surface area (Å²) in [5.41, 5.74) is 0. The molecule has 312 valence electrons. The van der Waals surface area contributed by atoms with Crippen LogP contribution in [0.2, 0.25) is 0 Å². The van der Waals surface area contributed by atoms with Crippen molar-refractivity contribution in [1.82, 2.24) is 0 Å². The van der Waals surface area contributed by atoms with Crippen LogP contribution in [0.15, 0.2) is 36.6 Å². The first kappa shape index (κ1) is 51.6. The minimum atomic E-state index is -4.29. The molecule has 0 bridgehead atoms. The van der Waals surface area contributed by atoms with Gasteiger partial charge in [0.05, 0.1) is 34.0 Å². The Labute approximate surface area is 327 Å². The molecule has 2 atom stereocenters. The van der Waals surface area contributed by atoms with Crippen LogP contribution in [0.5, 0.6) is 0 Å². The number of phosphoric acid groups is 1. The van der Waals surface area contributed by atoms with Crippen molar-refractivity contribution in [3.8, 4) is 0 Å². The number of nitrogens with zero attached hydrogens (tertiary/aromatic N) is 1. The molecule has 0 aliphatic rings. The maximum absolute atomic E-state index is 12.7. The van der Waals surface area contributed by atoms with Crippen LogP contribution >= 0.6 is 7.82 Å². The molecule has 0 aromatic carbocycles. The zero-order chi connectivity index (χ0) is 39.1. The molecule has 0 aliphatic carbocycles. The molecule has 9 heteroatoms. The van der Waals surface area contributed by atoms with E-state index in [-0.39, 0.29) is 25.8 Å². The van der Waals surface area contributed by atoms with Gasteiger partial charge in [-0.2, -0.15) is 0 Å². The minimum absolute atomic E-state index is 0.0431. The number of phosphoric ester groups is 1. The number of likely N-dealkylation sites (N-methyl/N-ethyl adjacent to an activating group) is 1. The highest BCUT2D eigenvalue weighted by molar-refractivity contribution is 7.47. The Kier molecular flexibility index (Phi) is 36.5. The van der Waals surface area contributed by atoms with E-state index < -0.39 is 13.9 Å². The third-order valence-corrected chi connectivity index (χ3v) is 10.3. The summed E-state index contributed by atoms with van der Waals surface area (Å²) in [6, 6.07) is 0. The monoisotopic (exact) mass is 771 g/mol. The van der Waals surface area contributed by atoms with Crippen molar-refractivity contribution >= 4 is 13.8 Å². The lowest BCUT2D eigenvalue weighted by Gasteiger charge is -2.24. The molecule has 1 unspecified atom stereocenters. The number of quaternary nitrogens is 1. The van der Waals surface area contributed by atoms with Gasteiger partial charge in [0.15, 0.2) is 6.10 Å². The van der Waals surface area contributed by atoms with Gasteiger partial charge in [-0.25, -0.2) is 4.57 Å². The van der Waals surface area contributed by atoms with Gasteiger partial charge in [0, 0.05) is 6.42 Å². The van der Waals surface area contributed by atoms with Crippen molar-refractivity contribution in [2.45, 2.75) is 193 Å². The Hall–Kier alpha value is -1.44. The van der Waals surface area contributed by atoms with E-state index in [0.29, 0.717) is 17.4 Å². The number of carbonyl (C=O) groups is 1. The van der Waals surface area contributed by atoms with Crippen LogP contribution in [0.1, 0.15) is 187 Å². The maximum atomic E-state index is 12.7. The number of hydrogen-bond acceptors (Lipinski definition) is 6. The predicted octanol–water partition coefficient (Wildman–Crippen LogP) is 13.0. The summed E-state index contributed by atoms with van der Waals surface area (Å²) >= 11 is 0. The maximum Gasteiger partial charge on any atom is 0.472 e. The van der Waals surface area contributed by atoms with Gasteiger partial charge in [0.1, 0.15) is 19.8 Å². The lowest BCUT2D eigenvalue weighted by Crippen LogP contribution is -2.37. The number of hydrogen-bond donors (Lipinski definition) is 1. The van der Waals surface area contributed by atoms with E-state index in [2.05, 4.69) is 38.2 Å². The average molecular weight is 771 g/mol. The van der Waals surface area contributed by atoms with Gasteiger partial charge in [-0.15, -0.1) is 0 Å². The van der Waals surface area contributed by atoms with Crippen LogP contribution in [0.3, 0.4) is 0 Å². The molecule has 0 aromatic rings. The van der Waals surface area contributed by atoms with E-state index in [1.165, 1.54) is 109 Å². The molecule has 0 aromatic heterocycles. The van der Waals surface area contributed by atoms with E-state index in [4.69, 9.17) is 18.5 Å². The summed E-state index contributed by atoms with van der Waals surface area (Å²) in [4.78, 5) is 22.8. The summed E-state index contributed by atoms with van der Waals surface area (Å²) < 4.78 is 34.7. The van der Waals surface area contributed by atoms with Crippen LogP contribution in [-0.2, 0) is 27.9 Å². The van der Waals surface area contributed by atoms with E-state index >= 15 is 0 Å². The van der Waals surface area contributed by atoms with Crippen LogP contribution in [0.25, 0.3) is 0 Å². The van der Waals surface area contributed by atoms with Gasteiger partial charge in [0.25, 0.3) is 0 Å². The quantitative estimate of drug-likeness (QED) is 0.0166. The molecule has 0 saturated carbocycles. The summed E-state index contributed by atoms with van der Waals surface area (Å²) in [6.45, 7) is 4.90. The summed E-state index contributed by atoms with van der Waals surface area (Å²) in [5, 5.41) is 0. The second kappa shape index (κ2) is 37.5. The van der Waals surface area contributed by atoms with Gasteiger partial charge in [-0.3, -0.25) is 13.8 Å². The topological polar surface area (TPSA) is 91.3 Å². The van der Waals surface area contributed by atoms with E-state index in [1.807, 2.05) is 27.2 Å². The normalized spacial score (nSPS) is 14.1. The standard InChI is InChI=1S/C44H84NO7P/c1-6-8-10-12-14-16-18-20-22-24-26-28-30-32-34-36-39-49-41-43(42-51-53(47,48)50-40-38-45(3,4)5)52-44(46)37-35-33-31-29-27-25-23-21-19-17-15-13-11-9-7-2/h17,19,21,23,36,39,43H,6-16,18,20,22,24-35,37-38,40-42H2,1-5H3/p+1/b19-17+,23-21+,39-36+/t43-/m1/s1. The molecule has 8 nitrogen and oxygen atoms in total. The fourth-order valence-electron chi connectivity index (χ4n) is 5.86. The second-order valence-electron chi connectivity index (χ2n) is 15.8.